The fraction of sp³-hybridized carbons (Fsp3) is 0.294. The molecule has 1 atom stereocenters. The number of hydrogen-bond donors (Lipinski definition) is 1. The van der Waals surface area contributed by atoms with E-state index in [-0.39, 0.29) is 6.04 Å². The summed E-state index contributed by atoms with van der Waals surface area (Å²) in [5, 5.41) is 3.58. The minimum Gasteiger partial charge on any atom is -0.372 e. The molecule has 104 valence electrons. The molecule has 2 aromatic rings. The molecule has 3 heteroatoms. The molecule has 1 aliphatic heterocycles. The molecule has 1 unspecified atom stereocenters. The Morgan fingerprint density at radius 2 is 1.75 bits per heavy atom. The fourth-order valence-corrected chi connectivity index (χ4v) is 3.02. The second kappa shape index (κ2) is 6.24. The molecule has 0 saturated heterocycles. The van der Waals surface area contributed by atoms with E-state index in [0.29, 0.717) is 0 Å². The van der Waals surface area contributed by atoms with Crippen LogP contribution in [-0.2, 0) is 18.0 Å². The van der Waals surface area contributed by atoms with Crippen molar-refractivity contribution in [1.29, 1.82) is 0 Å². The first-order valence-electron chi connectivity index (χ1n) is 6.96. The minimum atomic E-state index is 0.253. The normalized spacial score (nSPS) is 15.1. The Kier molecular flexibility index (Phi) is 4.38. The highest BCUT2D eigenvalue weighted by Gasteiger charge is 2.17. The number of hydrogen-bond acceptors (Lipinski definition) is 2. The molecular formula is C17H18INO. The highest BCUT2D eigenvalue weighted by atomic mass is 127. The molecule has 2 aromatic carbocycles. The van der Waals surface area contributed by atoms with Gasteiger partial charge in [-0.05, 0) is 63.5 Å². The summed E-state index contributed by atoms with van der Waals surface area (Å²) < 4.78 is 6.78. The Balaban J connectivity index is 1.95. The molecular weight excluding hydrogens is 361 g/mol. The van der Waals surface area contributed by atoms with Crippen LogP contribution in [-0.4, -0.2) is 6.54 Å². The van der Waals surface area contributed by atoms with Gasteiger partial charge in [-0.3, -0.25) is 0 Å². The van der Waals surface area contributed by atoms with Gasteiger partial charge in [-0.25, -0.2) is 0 Å². The van der Waals surface area contributed by atoms with Crippen molar-refractivity contribution in [2.75, 3.05) is 6.54 Å². The maximum atomic E-state index is 5.51. The first kappa shape index (κ1) is 14.0. The van der Waals surface area contributed by atoms with Crippen molar-refractivity contribution in [2.24, 2.45) is 0 Å². The topological polar surface area (TPSA) is 21.3 Å². The number of fused-ring (bicyclic) bond motifs is 1. The standard InChI is InChI=1S/C17H18INO/c1-2-19-17(12-5-7-16(18)8-6-12)13-3-4-14-10-20-11-15(14)9-13/h3-9,17,19H,2,10-11H2,1H3. The second-order valence-electron chi connectivity index (χ2n) is 5.06. The van der Waals surface area contributed by atoms with Gasteiger partial charge in [-0.15, -0.1) is 0 Å². The third-order valence-corrected chi connectivity index (χ3v) is 4.41. The summed E-state index contributed by atoms with van der Waals surface area (Å²) in [4.78, 5) is 0. The average molecular weight is 379 g/mol. The molecule has 1 N–H and O–H groups in total. The number of ether oxygens (including phenoxy) is 1. The lowest BCUT2D eigenvalue weighted by atomic mass is 9.95. The van der Waals surface area contributed by atoms with Crippen molar-refractivity contribution in [3.63, 3.8) is 0 Å². The summed E-state index contributed by atoms with van der Waals surface area (Å²) in [6.45, 7) is 4.60. The number of nitrogens with one attached hydrogen (secondary N) is 1. The molecule has 0 bridgehead atoms. The lowest BCUT2D eigenvalue weighted by Crippen LogP contribution is -2.22. The maximum Gasteiger partial charge on any atom is 0.0725 e. The molecule has 0 fully saturated rings. The van der Waals surface area contributed by atoms with Crippen LogP contribution in [0.2, 0.25) is 0 Å². The van der Waals surface area contributed by atoms with Gasteiger partial charge in [-0.2, -0.15) is 0 Å². The van der Waals surface area contributed by atoms with Crippen LogP contribution in [0.4, 0.5) is 0 Å². The van der Waals surface area contributed by atoms with Gasteiger partial charge in [-0.1, -0.05) is 37.3 Å². The van der Waals surface area contributed by atoms with Gasteiger partial charge < -0.3 is 10.1 Å². The molecule has 20 heavy (non-hydrogen) atoms. The van der Waals surface area contributed by atoms with E-state index in [1.54, 1.807) is 0 Å². The van der Waals surface area contributed by atoms with E-state index in [9.17, 15) is 0 Å². The zero-order chi connectivity index (χ0) is 13.9. The van der Waals surface area contributed by atoms with Crippen molar-refractivity contribution < 1.29 is 4.74 Å². The SMILES string of the molecule is CCNC(c1ccc(I)cc1)c1ccc2c(c1)COC2. The Labute approximate surface area is 133 Å². The monoisotopic (exact) mass is 379 g/mol. The predicted molar refractivity (Wildman–Crippen MR) is 89.6 cm³/mol. The van der Waals surface area contributed by atoms with Crippen LogP contribution in [0, 0.1) is 3.57 Å². The van der Waals surface area contributed by atoms with Gasteiger partial charge in [0.2, 0.25) is 0 Å². The molecule has 0 radical (unpaired) electrons. The van der Waals surface area contributed by atoms with E-state index in [0.717, 1.165) is 19.8 Å². The van der Waals surface area contributed by atoms with E-state index in [2.05, 4.69) is 77.3 Å². The molecule has 0 aliphatic carbocycles. The van der Waals surface area contributed by atoms with Gasteiger partial charge in [0.1, 0.15) is 0 Å². The first-order valence-corrected chi connectivity index (χ1v) is 8.04. The molecule has 3 rings (SSSR count). The highest BCUT2D eigenvalue weighted by Crippen LogP contribution is 2.27. The molecule has 0 aromatic heterocycles. The van der Waals surface area contributed by atoms with Crippen LogP contribution in [0.5, 0.6) is 0 Å². The zero-order valence-electron chi connectivity index (χ0n) is 11.5. The number of rotatable bonds is 4. The van der Waals surface area contributed by atoms with Crippen LogP contribution < -0.4 is 5.32 Å². The van der Waals surface area contributed by atoms with Crippen molar-refractivity contribution in [3.05, 3.63) is 68.3 Å². The van der Waals surface area contributed by atoms with Crippen LogP contribution in [0.1, 0.15) is 35.2 Å². The third-order valence-electron chi connectivity index (χ3n) is 3.69. The van der Waals surface area contributed by atoms with Gasteiger partial charge in [0.05, 0.1) is 19.3 Å². The van der Waals surface area contributed by atoms with Crippen molar-refractivity contribution in [1.82, 2.24) is 5.32 Å². The van der Waals surface area contributed by atoms with Gasteiger partial charge in [0.15, 0.2) is 0 Å². The number of halogens is 1. The first-order chi connectivity index (χ1) is 9.78. The molecule has 2 nitrogen and oxygen atoms in total. The Morgan fingerprint density at radius 3 is 2.50 bits per heavy atom. The molecule has 1 heterocycles. The van der Waals surface area contributed by atoms with Crippen LogP contribution in [0.25, 0.3) is 0 Å². The van der Waals surface area contributed by atoms with Crippen LogP contribution in [0.3, 0.4) is 0 Å². The minimum absolute atomic E-state index is 0.253. The van der Waals surface area contributed by atoms with E-state index < -0.39 is 0 Å². The zero-order valence-corrected chi connectivity index (χ0v) is 13.7. The van der Waals surface area contributed by atoms with E-state index in [4.69, 9.17) is 4.74 Å². The molecule has 0 amide bonds. The van der Waals surface area contributed by atoms with Crippen molar-refractivity contribution >= 4 is 22.6 Å². The molecule has 0 spiro atoms. The van der Waals surface area contributed by atoms with E-state index in [1.165, 1.54) is 25.8 Å². The summed E-state index contributed by atoms with van der Waals surface area (Å²) in [5.41, 5.74) is 5.28. The van der Waals surface area contributed by atoms with Gasteiger partial charge in [0, 0.05) is 3.57 Å². The third kappa shape index (κ3) is 2.90. The van der Waals surface area contributed by atoms with Crippen molar-refractivity contribution in [2.45, 2.75) is 26.2 Å². The maximum absolute atomic E-state index is 5.51. The fourth-order valence-electron chi connectivity index (χ4n) is 2.66. The summed E-state index contributed by atoms with van der Waals surface area (Å²) in [7, 11) is 0. The summed E-state index contributed by atoms with van der Waals surface area (Å²) >= 11 is 2.34. The Bertz CT molecular complexity index is 594. The van der Waals surface area contributed by atoms with Crippen LogP contribution >= 0.6 is 22.6 Å². The quantitative estimate of drug-likeness (QED) is 0.811. The van der Waals surface area contributed by atoms with Crippen LogP contribution in [0.15, 0.2) is 42.5 Å². The lowest BCUT2D eigenvalue weighted by molar-refractivity contribution is 0.134. The summed E-state index contributed by atoms with van der Waals surface area (Å²) in [6.07, 6.45) is 0. The molecule has 1 aliphatic rings. The Morgan fingerprint density at radius 1 is 1.05 bits per heavy atom. The van der Waals surface area contributed by atoms with Gasteiger partial charge >= 0.3 is 0 Å². The Hall–Kier alpha value is -0.910. The average Bonchev–Trinajstić information content (AvgIpc) is 2.93. The van der Waals surface area contributed by atoms with E-state index in [1.807, 2.05) is 0 Å². The predicted octanol–water partition coefficient (Wildman–Crippen LogP) is 4.02. The molecule has 0 saturated carbocycles. The van der Waals surface area contributed by atoms with E-state index >= 15 is 0 Å². The largest absolute Gasteiger partial charge is 0.372 e. The van der Waals surface area contributed by atoms with Gasteiger partial charge in [0.25, 0.3) is 0 Å². The summed E-state index contributed by atoms with van der Waals surface area (Å²) in [6, 6.07) is 15.7. The smallest absolute Gasteiger partial charge is 0.0725 e. The summed E-state index contributed by atoms with van der Waals surface area (Å²) in [5.74, 6) is 0. The highest BCUT2D eigenvalue weighted by molar-refractivity contribution is 14.1. The second-order valence-corrected chi connectivity index (χ2v) is 6.31. The number of benzene rings is 2. The lowest BCUT2D eigenvalue weighted by Gasteiger charge is -2.20. The van der Waals surface area contributed by atoms with Crippen molar-refractivity contribution in [3.8, 4) is 0 Å².